The molecule has 4 rings (SSSR count). The van der Waals surface area contributed by atoms with Gasteiger partial charge in [0, 0.05) is 18.3 Å². The first kappa shape index (κ1) is 18.9. The minimum absolute atomic E-state index is 0.0185. The normalized spacial score (nSPS) is 16.0. The van der Waals surface area contributed by atoms with Gasteiger partial charge in [-0.15, -0.1) is 16.4 Å². The van der Waals surface area contributed by atoms with E-state index in [1.165, 1.54) is 18.4 Å². The van der Waals surface area contributed by atoms with Crippen LogP contribution < -0.4 is 15.0 Å². The van der Waals surface area contributed by atoms with Gasteiger partial charge < -0.3 is 19.2 Å². The fourth-order valence-corrected chi connectivity index (χ4v) is 3.96. The molecular formula is C19H18N4O5S. The number of ether oxygens (including phenoxy) is 1. The van der Waals surface area contributed by atoms with Crippen molar-refractivity contribution < 1.29 is 23.8 Å². The highest BCUT2D eigenvalue weighted by atomic mass is 32.1. The fourth-order valence-electron chi connectivity index (χ4n) is 3.32. The van der Waals surface area contributed by atoms with Crippen LogP contribution in [-0.4, -0.2) is 46.9 Å². The Labute approximate surface area is 169 Å². The number of nitrogens with zero attached hydrogens (tertiary/aromatic N) is 3. The summed E-state index contributed by atoms with van der Waals surface area (Å²) < 4.78 is 10.8. The van der Waals surface area contributed by atoms with E-state index in [2.05, 4.69) is 15.5 Å². The zero-order valence-corrected chi connectivity index (χ0v) is 16.3. The van der Waals surface area contributed by atoms with E-state index in [0.717, 1.165) is 11.3 Å². The van der Waals surface area contributed by atoms with Gasteiger partial charge >= 0.3 is 12.0 Å². The molecule has 3 heterocycles. The largest absolute Gasteiger partial charge is 0.496 e. The molecule has 1 aliphatic heterocycles. The van der Waals surface area contributed by atoms with Crippen molar-refractivity contribution in [3.05, 3.63) is 41.3 Å². The summed E-state index contributed by atoms with van der Waals surface area (Å²) in [6.45, 7) is 0.638. The van der Waals surface area contributed by atoms with Crippen LogP contribution in [0.1, 0.15) is 23.2 Å². The molecule has 1 saturated heterocycles. The van der Waals surface area contributed by atoms with Crippen LogP contribution in [0.3, 0.4) is 0 Å². The van der Waals surface area contributed by atoms with Crippen LogP contribution in [0.2, 0.25) is 0 Å². The van der Waals surface area contributed by atoms with Gasteiger partial charge in [-0.3, -0.25) is 10.1 Å². The van der Waals surface area contributed by atoms with Crippen LogP contribution in [0.25, 0.3) is 10.8 Å². The van der Waals surface area contributed by atoms with Gasteiger partial charge in [-0.25, -0.2) is 4.79 Å². The summed E-state index contributed by atoms with van der Waals surface area (Å²) in [5.41, 5.74) is 0.972. The smallest absolute Gasteiger partial charge is 0.326 e. The first-order chi connectivity index (χ1) is 14.1. The maximum absolute atomic E-state index is 12.7. The first-order valence-corrected chi connectivity index (χ1v) is 9.81. The van der Waals surface area contributed by atoms with E-state index in [1.54, 1.807) is 23.1 Å². The Morgan fingerprint density at radius 3 is 2.93 bits per heavy atom. The molecule has 0 radical (unpaired) electrons. The zero-order valence-electron chi connectivity index (χ0n) is 15.5. The Morgan fingerprint density at radius 1 is 1.34 bits per heavy atom. The molecule has 1 amide bonds. The Bertz CT molecular complexity index is 1030. The van der Waals surface area contributed by atoms with Crippen molar-refractivity contribution in [3.8, 4) is 16.5 Å². The van der Waals surface area contributed by atoms with Crippen molar-refractivity contribution in [2.45, 2.75) is 18.9 Å². The lowest BCUT2D eigenvalue weighted by molar-refractivity contribution is -0.138. The lowest BCUT2D eigenvalue weighted by Crippen LogP contribution is -2.35. The highest BCUT2D eigenvalue weighted by Gasteiger charge is 2.31. The summed E-state index contributed by atoms with van der Waals surface area (Å²) in [4.78, 5) is 26.7. The highest BCUT2D eigenvalue weighted by molar-refractivity contribution is 7.13. The molecule has 1 atom stereocenters. The minimum atomic E-state index is -0.860. The van der Waals surface area contributed by atoms with Crippen LogP contribution in [0.4, 0.5) is 11.7 Å². The molecule has 0 bridgehead atoms. The number of carboxylic acid groups (broad SMARTS) is 1. The second-order valence-corrected chi connectivity index (χ2v) is 7.37. The van der Waals surface area contributed by atoms with Gasteiger partial charge in [0.2, 0.25) is 0 Å². The third-order valence-electron chi connectivity index (χ3n) is 4.68. The van der Waals surface area contributed by atoms with Crippen molar-refractivity contribution >= 4 is 34.9 Å². The average Bonchev–Trinajstić information content (AvgIpc) is 3.47. The number of carbonyl (C=O) groups is 2. The number of thiophene rings is 1. The van der Waals surface area contributed by atoms with Gasteiger partial charge in [0.1, 0.15) is 11.8 Å². The molecule has 1 aliphatic rings. The molecule has 10 heteroatoms. The van der Waals surface area contributed by atoms with Crippen molar-refractivity contribution in [3.63, 3.8) is 0 Å². The van der Waals surface area contributed by atoms with E-state index < -0.39 is 17.9 Å². The number of aromatic nitrogens is 2. The topological polar surface area (TPSA) is 118 Å². The van der Waals surface area contributed by atoms with Gasteiger partial charge in [0.15, 0.2) is 0 Å². The number of hydrogen-bond donors (Lipinski definition) is 2. The molecular weight excluding hydrogens is 396 g/mol. The molecule has 29 heavy (non-hydrogen) atoms. The highest BCUT2D eigenvalue weighted by Crippen LogP contribution is 2.31. The molecule has 3 aromatic rings. The molecule has 0 saturated carbocycles. The molecule has 0 aliphatic carbocycles. The molecule has 0 spiro atoms. The van der Waals surface area contributed by atoms with Crippen molar-refractivity contribution in [2.75, 3.05) is 23.9 Å². The predicted octanol–water partition coefficient (Wildman–Crippen LogP) is 3.11. The summed E-state index contributed by atoms with van der Waals surface area (Å²) in [7, 11) is 1.45. The zero-order chi connectivity index (χ0) is 20.4. The van der Waals surface area contributed by atoms with Crippen molar-refractivity contribution in [1.29, 1.82) is 0 Å². The summed E-state index contributed by atoms with van der Waals surface area (Å²) in [6.07, 6.45) is 1.38. The number of rotatable bonds is 6. The second kappa shape index (κ2) is 7.92. The predicted molar refractivity (Wildman–Crippen MR) is 107 cm³/mol. The molecule has 2 N–H and O–H groups in total. The van der Waals surface area contributed by atoms with Crippen LogP contribution in [0.5, 0.6) is 5.75 Å². The summed E-state index contributed by atoms with van der Waals surface area (Å²) >= 11 is 1.45. The Balaban J connectivity index is 1.53. The third-order valence-corrected chi connectivity index (χ3v) is 5.53. The number of nitrogens with one attached hydrogen (secondary N) is 1. The molecule has 2 aromatic heterocycles. The average molecular weight is 414 g/mol. The van der Waals surface area contributed by atoms with Gasteiger partial charge in [-0.05, 0) is 36.4 Å². The number of aliphatic carboxylic acids is 1. The first-order valence-electron chi connectivity index (χ1n) is 8.93. The quantitative estimate of drug-likeness (QED) is 0.632. The standard InChI is InChI=1S/C19H18N4O5S/c1-27-14-10-11(23-8-2-4-13(23)18(25)26)6-7-12(14)16(24)20-19-22-21-17(28-19)15-5-3-9-29-15/h3,5-7,9-10,13H,2,4,8H2,1H3,(H,25,26)(H,20,22,24). The van der Waals surface area contributed by atoms with E-state index in [0.29, 0.717) is 30.3 Å². The van der Waals surface area contributed by atoms with E-state index >= 15 is 0 Å². The monoisotopic (exact) mass is 414 g/mol. The molecule has 150 valence electrons. The van der Waals surface area contributed by atoms with Gasteiger partial charge in [0.25, 0.3) is 11.8 Å². The van der Waals surface area contributed by atoms with Gasteiger partial charge in [-0.2, -0.15) is 0 Å². The molecule has 9 nitrogen and oxygen atoms in total. The number of benzene rings is 1. The Kier molecular flexibility index (Phi) is 5.17. The van der Waals surface area contributed by atoms with Crippen LogP contribution in [-0.2, 0) is 4.79 Å². The van der Waals surface area contributed by atoms with E-state index in [1.807, 2.05) is 17.5 Å². The van der Waals surface area contributed by atoms with E-state index in [9.17, 15) is 14.7 Å². The SMILES string of the molecule is COc1cc(N2CCCC2C(=O)O)ccc1C(=O)Nc1nnc(-c2cccs2)o1. The third kappa shape index (κ3) is 3.79. The number of carbonyl (C=O) groups excluding carboxylic acids is 1. The number of amides is 1. The molecule has 1 fully saturated rings. The Morgan fingerprint density at radius 2 is 2.21 bits per heavy atom. The number of anilines is 2. The van der Waals surface area contributed by atoms with Crippen molar-refractivity contribution in [1.82, 2.24) is 10.2 Å². The summed E-state index contributed by atoms with van der Waals surface area (Å²) in [5.74, 6) is -0.674. The second-order valence-electron chi connectivity index (χ2n) is 6.42. The van der Waals surface area contributed by atoms with Crippen LogP contribution >= 0.6 is 11.3 Å². The number of carboxylic acids is 1. The van der Waals surface area contributed by atoms with Crippen LogP contribution in [0.15, 0.2) is 40.1 Å². The summed E-state index contributed by atoms with van der Waals surface area (Å²) in [6, 6.07) is 8.09. The number of hydrogen-bond acceptors (Lipinski definition) is 8. The lowest BCUT2D eigenvalue weighted by atomic mass is 10.1. The van der Waals surface area contributed by atoms with E-state index in [4.69, 9.17) is 9.15 Å². The maximum atomic E-state index is 12.7. The fraction of sp³-hybridized carbons (Fsp3) is 0.263. The number of methoxy groups -OCH3 is 1. The molecule has 1 unspecified atom stereocenters. The Hall–Kier alpha value is -3.40. The van der Waals surface area contributed by atoms with E-state index in [-0.39, 0.29) is 11.6 Å². The molecule has 1 aromatic carbocycles. The summed E-state index contributed by atoms with van der Waals surface area (Å²) in [5, 5.41) is 21.6. The lowest BCUT2D eigenvalue weighted by Gasteiger charge is -2.24. The van der Waals surface area contributed by atoms with Gasteiger partial charge in [-0.1, -0.05) is 11.2 Å². The minimum Gasteiger partial charge on any atom is -0.496 e. The van der Waals surface area contributed by atoms with Crippen molar-refractivity contribution in [2.24, 2.45) is 0 Å². The van der Waals surface area contributed by atoms with Gasteiger partial charge in [0.05, 0.1) is 17.6 Å². The van der Waals surface area contributed by atoms with Crippen LogP contribution in [0, 0.1) is 0 Å². The maximum Gasteiger partial charge on any atom is 0.326 e.